The van der Waals surface area contributed by atoms with Gasteiger partial charge in [0.25, 0.3) is 5.91 Å². The monoisotopic (exact) mass is 1510 g/mol. The van der Waals surface area contributed by atoms with Crippen LogP contribution in [0.15, 0.2) is 75.6 Å². The molecule has 2 aromatic carbocycles. The zero-order valence-corrected chi connectivity index (χ0v) is 61.2. The molecule has 0 bridgehead atoms. The summed E-state index contributed by atoms with van der Waals surface area (Å²) in [6.45, 7) is 8.15. The lowest BCUT2D eigenvalue weighted by atomic mass is 10.0. The van der Waals surface area contributed by atoms with Crippen LogP contribution < -0.4 is 109 Å². The summed E-state index contributed by atoms with van der Waals surface area (Å²) in [7, 11) is 0. The smallest absolute Gasteiger partial charge is 0.326 e. The molecule has 107 heavy (non-hydrogen) atoms. The molecule has 0 aliphatic rings. The molecule has 594 valence electrons. The highest BCUT2D eigenvalue weighted by Crippen LogP contribution is 2.11. The van der Waals surface area contributed by atoms with Crippen LogP contribution in [-0.2, 0) is 80.0 Å². The van der Waals surface area contributed by atoms with Crippen molar-refractivity contribution in [2.24, 2.45) is 55.3 Å². The van der Waals surface area contributed by atoms with Gasteiger partial charge in [0, 0.05) is 77.6 Å². The number of carboxylic acids is 1. The Morgan fingerprint density at radius 3 is 1.57 bits per heavy atom. The normalized spacial score (nSPS) is 14.0. The van der Waals surface area contributed by atoms with Crippen molar-refractivity contribution in [1.29, 1.82) is 0 Å². The predicted octanol–water partition coefficient (Wildman–Crippen LogP) is -8.21. The number of aliphatic imine (C=N–C) groups is 3. The molecule has 0 spiro atoms. The first-order valence-electron chi connectivity index (χ1n) is 35.3. The number of aliphatic hydroxyl groups excluding tert-OH is 1. The highest BCUT2D eigenvalue weighted by molar-refractivity contribution is 5.99. The summed E-state index contributed by atoms with van der Waals surface area (Å²) in [5.74, 6) is -12.5. The molecule has 0 aliphatic carbocycles. The number of aliphatic hydroxyl groups is 1. The highest BCUT2D eigenvalue weighted by Gasteiger charge is 2.34. The standard InChI is InChI=1S/C68H111N23O16/c1-41(2)34-50(64(103)84-43(4)59(98)90-52(37-55(72)94)65(104)89-49(67(106)107)20-21-54(71)93)91-63(102)47(18-11-12-22-69)88-62(101)48(19-13-23-81-68(73)74)87-58(97)42(3)85-66(105)53(40-92)79-32-30-77-28-26-75-24-25-76-27-29-78-31-33-80-61(100)51(36-45-16-9-6-10-17-45)86-57(96)39-82-56(95)38-83-60(99)46(70)35-44-14-7-5-8-15-44/h5-10,14-17,26,33,41-43,46-53,76-79,92H,11-13,18-25,27-32,34-40,69-70H2,1-4H3,(H2,71,93)(H2,72,94)(H,82,95)(H,83,99)(H,84,103)(H,85,105)(H,86,96)(H,87,97)(H,88,101)(H,89,104)(H,90,98)(H,91,102)(H,106,107)(H4,73,74,81)/t42-,43-,46-,47-,48-,49-,50-,51-,52-,53-/m0/s1. The quantitative estimate of drug-likeness (QED) is 0.0166. The average Bonchev–Trinajstić information content (AvgIpc) is 0.878. The molecule has 0 saturated carbocycles. The van der Waals surface area contributed by atoms with Crippen LogP contribution in [0.2, 0.25) is 0 Å². The number of amides is 13. The number of aliphatic carboxylic acids is 1. The molecule has 2 aromatic rings. The van der Waals surface area contributed by atoms with Crippen LogP contribution >= 0.6 is 0 Å². The molecule has 13 amide bonds. The number of primary amides is 2. The molecule has 39 heteroatoms. The van der Waals surface area contributed by atoms with Gasteiger partial charge < -0.3 is 119 Å². The molecule has 0 saturated heterocycles. The van der Waals surface area contributed by atoms with E-state index in [1.54, 1.807) is 44.3 Å². The van der Waals surface area contributed by atoms with Crippen molar-refractivity contribution in [3.63, 3.8) is 0 Å². The van der Waals surface area contributed by atoms with Gasteiger partial charge in [-0.2, -0.15) is 0 Å². The van der Waals surface area contributed by atoms with Crippen molar-refractivity contribution in [2.45, 2.75) is 159 Å². The maximum absolute atomic E-state index is 14.2. The molecule has 2 rings (SSSR count). The van der Waals surface area contributed by atoms with Gasteiger partial charge in [0.2, 0.25) is 70.9 Å². The molecule has 0 aromatic heterocycles. The van der Waals surface area contributed by atoms with Gasteiger partial charge in [-0.3, -0.25) is 72.3 Å². The zero-order chi connectivity index (χ0) is 79.6. The van der Waals surface area contributed by atoms with E-state index in [0.717, 1.165) is 11.1 Å². The van der Waals surface area contributed by atoms with Crippen LogP contribution in [0.4, 0.5) is 0 Å². The van der Waals surface area contributed by atoms with Crippen molar-refractivity contribution in [2.75, 3.05) is 85.1 Å². The van der Waals surface area contributed by atoms with Crippen molar-refractivity contribution in [1.82, 2.24) is 74.4 Å². The first-order valence-corrected chi connectivity index (χ1v) is 35.3. The van der Waals surface area contributed by atoms with Crippen LogP contribution in [0.5, 0.6) is 0 Å². The Kier molecular flexibility index (Phi) is 46.2. The fourth-order valence-electron chi connectivity index (χ4n) is 9.89. The van der Waals surface area contributed by atoms with Crippen LogP contribution in [0.25, 0.3) is 0 Å². The molecular weight excluding hydrogens is 1390 g/mol. The Bertz CT molecular complexity index is 3260. The number of carbonyl (C=O) groups is 14. The minimum absolute atomic E-state index is 0.00382. The van der Waals surface area contributed by atoms with Crippen LogP contribution in [0.1, 0.15) is 96.6 Å². The van der Waals surface area contributed by atoms with Crippen molar-refractivity contribution >= 4 is 101 Å². The summed E-state index contributed by atoms with van der Waals surface area (Å²) in [4.78, 5) is 194. The number of carboxylic acid groups (broad SMARTS) is 1. The van der Waals surface area contributed by atoms with Gasteiger partial charge in [-0.15, -0.1) is 0 Å². The molecule has 0 fully saturated rings. The van der Waals surface area contributed by atoms with E-state index in [9.17, 15) is 77.3 Å². The molecule has 0 aliphatic heterocycles. The van der Waals surface area contributed by atoms with Crippen molar-refractivity contribution in [3.05, 3.63) is 71.8 Å². The number of nitrogens with zero attached hydrogens (tertiary/aromatic N) is 3. The zero-order valence-electron chi connectivity index (χ0n) is 61.2. The third-order valence-corrected chi connectivity index (χ3v) is 15.7. The summed E-state index contributed by atoms with van der Waals surface area (Å²) in [5.41, 5.74) is 34.8. The van der Waals surface area contributed by atoms with Crippen molar-refractivity contribution < 1.29 is 77.3 Å². The Labute approximate surface area is 621 Å². The fourth-order valence-corrected chi connectivity index (χ4v) is 9.89. The Morgan fingerprint density at radius 2 is 1.00 bits per heavy atom. The van der Waals surface area contributed by atoms with Crippen LogP contribution in [0, 0.1) is 5.92 Å². The van der Waals surface area contributed by atoms with Gasteiger partial charge in [-0.25, -0.2) is 9.79 Å². The number of nitrogens with one attached hydrogen (secondary N) is 14. The molecule has 28 N–H and O–H groups in total. The van der Waals surface area contributed by atoms with Gasteiger partial charge in [0.05, 0.1) is 38.7 Å². The lowest BCUT2D eigenvalue weighted by Gasteiger charge is -2.27. The van der Waals surface area contributed by atoms with E-state index >= 15 is 0 Å². The average molecular weight is 1510 g/mol. The number of unbranched alkanes of at least 4 members (excludes halogenated alkanes) is 1. The lowest BCUT2D eigenvalue weighted by molar-refractivity contribution is -0.143. The second-order valence-electron chi connectivity index (χ2n) is 25.3. The Hall–Kier alpha value is -10.4. The molecule has 0 unspecified atom stereocenters. The van der Waals surface area contributed by atoms with E-state index in [1.807, 2.05) is 36.4 Å². The maximum atomic E-state index is 14.2. The fraction of sp³-hybridized carbons (Fsp3) is 0.574. The van der Waals surface area contributed by atoms with Crippen LogP contribution in [-0.4, -0.2) is 257 Å². The predicted molar refractivity (Wildman–Crippen MR) is 398 cm³/mol. The van der Waals surface area contributed by atoms with Gasteiger partial charge in [0.15, 0.2) is 5.96 Å². The summed E-state index contributed by atoms with van der Waals surface area (Å²) in [6, 6.07) is 5.07. The summed E-state index contributed by atoms with van der Waals surface area (Å²) >= 11 is 0. The van der Waals surface area contributed by atoms with Crippen molar-refractivity contribution in [3.8, 4) is 0 Å². The molecule has 39 nitrogen and oxygen atoms in total. The Morgan fingerprint density at radius 1 is 0.486 bits per heavy atom. The summed E-state index contributed by atoms with van der Waals surface area (Å²) in [6.07, 6.45) is 2.72. The molecule has 10 atom stereocenters. The first kappa shape index (κ1) is 92.6. The summed E-state index contributed by atoms with van der Waals surface area (Å²) in [5, 5.41) is 56.9. The maximum Gasteiger partial charge on any atom is 0.326 e. The second-order valence-corrected chi connectivity index (χ2v) is 25.3. The summed E-state index contributed by atoms with van der Waals surface area (Å²) < 4.78 is 0. The Balaban J connectivity index is 1.90. The second kappa shape index (κ2) is 53.3. The van der Waals surface area contributed by atoms with E-state index in [-0.39, 0.29) is 76.6 Å². The number of nitrogens with two attached hydrogens (primary N) is 6. The third kappa shape index (κ3) is 41.7. The lowest BCUT2D eigenvalue weighted by Crippen LogP contribution is -2.60. The largest absolute Gasteiger partial charge is 0.480 e. The van der Waals surface area contributed by atoms with E-state index in [0.29, 0.717) is 52.1 Å². The van der Waals surface area contributed by atoms with E-state index in [1.165, 1.54) is 20.1 Å². The molecule has 0 heterocycles. The van der Waals surface area contributed by atoms with E-state index in [4.69, 9.17) is 34.4 Å². The van der Waals surface area contributed by atoms with Gasteiger partial charge in [-0.1, -0.05) is 74.5 Å². The molecule has 0 radical (unpaired) electrons. The van der Waals surface area contributed by atoms with E-state index < -0.39 is 182 Å². The van der Waals surface area contributed by atoms with Gasteiger partial charge in [-0.05, 0) is 88.8 Å². The number of rotatable bonds is 56. The number of hydrogen-bond acceptors (Lipinski definition) is 23. The minimum Gasteiger partial charge on any atom is -0.480 e. The third-order valence-electron chi connectivity index (χ3n) is 15.7. The van der Waals surface area contributed by atoms with Gasteiger partial charge in [0.1, 0.15) is 54.4 Å². The van der Waals surface area contributed by atoms with Crippen LogP contribution in [0.3, 0.4) is 0 Å². The number of benzene rings is 2. The van der Waals surface area contributed by atoms with Gasteiger partial charge >= 0.3 is 5.97 Å². The number of carbonyl (C=O) groups excluding carboxylic acids is 13. The number of guanidine groups is 1. The van der Waals surface area contributed by atoms with E-state index in [2.05, 4.69) is 89.4 Å². The SMILES string of the molecule is CC(C)C[C@H](NC(=O)[C@H](CCCCN)NC(=O)[C@H](CCCN=C(N)N)NC(=O)[C@H](C)NC(=O)[C@H](CO)NCCNCC=NCCNCCNCC=NC(=O)[C@H](Cc1ccccc1)NC(=O)CNC(=O)CNC(=O)[C@@H](N)Cc1ccccc1)C(=O)N[C@@H](C)C(=O)N[C@@H](CC(N)=O)C(=O)N[C@@H](CCC(N)=O)C(=O)O. The minimum atomic E-state index is -1.72. The molecular formula is C68H111N23O16. The number of hydrogen-bond donors (Lipinski definition) is 22. The first-order chi connectivity index (χ1) is 50.9. The highest BCUT2D eigenvalue weighted by atomic mass is 16.4. The topological polar surface area (TPSA) is 641 Å².